The van der Waals surface area contributed by atoms with E-state index in [0.29, 0.717) is 30.1 Å². The van der Waals surface area contributed by atoms with E-state index in [-0.39, 0.29) is 5.91 Å². The molecule has 7 nitrogen and oxygen atoms in total. The van der Waals surface area contributed by atoms with Gasteiger partial charge in [0.15, 0.2) is 11.5 Å². The van der Waals surface area contributed by atoms with Gasteiger partial charge in [0.2, 0.25) is 0 Å². The van der Waals surface area contributed by atoms with E-state index >= 15 is 0 Å². The summed E-state index contributed by atoms with van der Waals surface area (Å²) in [5.41, 5.74) is 2.42. The highest BCUT2D eigenvalue weighted by Crippen LogP contribution is 2.09. The van der Waals surface area contributed by atoms with Crippen LogP contribution in [-0.4, -0.2) is 38.8 Å². The van der Waals surface area contributed by atoms with Crippen LogP contribution in [0.4, 0.5) is 5.82 Å². The van der Waals surface area contributed by atoms with Crippen LogP contribution in [0.15, 0.2) is 36.4 Å². The second kappa shape index (κ2) is 8.62. The molecule has 2 heterocycles. The smallest absolute Gasteiger partial charge is 0.251 e. The Morgan fingerprint density at radius 1 is 1.15 bits per heavy atom. The Kier molecular flexibility index (Phi) is 6.01. The number of fused-ring (bicyclic) bond motifs is 1. The molecule has 0 fully saturated rings. The lowest BCUT2D eigenvalue weighted by Gasteiger charge is -2.08. The van der Waals surface area contributed by atoms with E-state index < -0.39 is 0 Å². The molecule has 3 rings (SSSR count). The molecular formula is C20H26N6O. The van der Waals surface area contributed by atoms with Crippen LogP contribution in [0, 0.1) is 12.8 Å². The van der Waals surface area contributed by atoms with Crippen molar-refractivity contribution >= 4 is 17.4 Å². The topological polar surface area (TPSA) is 84.2 Å². The molecule has 0 spiro atoms. The number of hydrogen-bond acceptors (Lipinski definition) is 5. The molecule has 0 unspecified atom stereocenters. The number of carbonyl (C=O) groups is 1. The summed E-state index contributed by atoms with van der Waals surface area (Å²) in [6.07, 6.45) is 1.64. The first kappa shape index (κ1) is 18.8. The van der Waals surface area contributed by atoms with Gasteiger partial charge < -0.3 is 10.6 Å². The van der Waals surface area contributed by atoms with Crippen LogP contribution in [0.5, 0.6) is 0 Å². The van der Waals surface area contributed by atoms with Crippen molar-refractivity contribution in [2.75, 3.05) is 18.4 Å². The number of aryl methyl sites for hydroxylation is 1. The van der Waals surface area contributed by atoms with Gasteiger partial charge in [0.05, 0.1) is 0 Å². The molecule has 0 saturated heterocycles. The molecule has 3 aromatic rings. The van der Waals surface area contributed by atoms with Crippen molar-refractivity contribution < 1.29 is 4.79 Å². The van der Waals surface area contributed by atoms with Crippen molar-refractivity contribution in [2.24, 2.45) is 5.92 Å². The summed E-state index contributed by atoms with van der Waals surface area (Å²) in [6.45, 7) is 7.71. The molecule has 0 atom stereocenters. The Bertz CT molecular complexity index is 918. The largest absolute Gasteiger partial charge is 0.369 e. The fourth-order valence-corrected chi connectivity index (χ4v) is 2.75. The molecule has 0 aliphatic carbocycles. The summed E-state index contributed by atoms with van der Waals surface area (Å²) in [7, 11) is 0. The lowest BCUT2D eigenvalue weighted by molar-refractivity contribution is 0.0954. The molecule has 2 aromatic heterocycles. The Morgan fingerprint density at radius 2 is 2.00 bits per heavy atom. The zero-order valence-corrected chi connectivity index (χ0v) is 16.1. The average Bonchev–Trinajstić information content (AvgIpc) is 3.04. The van der Waals surface area contributed by atoms with Crippen molar-refractivity contribution in [3.63, 3.8) is 0 Å². The van der Waals surface area contributed by atoms with E-state index in [4.69, 9.17) is 0 Å². The number of carbonyl (C=O) groups excluding carboxylic acids is 1. The number of nitrogens with one attached hydrogen (secondary N) is 2. The first-order valence-electron chi connectivity index (χ1n) is 9.33. The lowest BCUT2D eigenvalue weighted by Crippen LogP contribution is -2.26. The van der Waals surface area contributed by atoms with Gasteiger partial charge in [-0.15, -0.1) is 15.3 Å². The molecule has 0 radical (unpaired) electrons. The van der Waals surface area contributed by atoms with Gasteiger partial charge in [-0.05, 0) is 43.5 Å². The van der Waals surface area contributed by atoms with Crippen LogP contribution in [-0.2, 0) is 6.42 Å². The molecule has 0 saturated carbocycles. The minimum absolute atomic E-state index is 0.0866. The molecule has 27 heavy (non-hydrogen) atoms. The maximum atomic E-state index is 12.2. The van der Waals surface area contributed by atoms with Crippen molar-refractivity contribution in [3.8, 4) is 0 Å². The van der Waals surface area contributed by atoms with Crippen LogP contribution >= 0.6 is 0 Å². The lowest BCUT2D eigenvalue weighted by atomic mass is 10.1. The van der Waals surface area contributed by atoms with Crippen LogP contribution in [0.1, 0.15) is 42.0 Å². The summed E-state index contributed by atoms with van der Waals surface area (Å²) < 4.78 is 1.73. The van der Waals surface area contributed by atoms with Crippen molar-refractivity contribution in [1.29, 1.82) is 0 Å². The number of nitrogens with zero attached hydrogens (tertiary/aromatic N) is 4. The summed E-state index contributed by atoms with van der Waals surface area (Å²) in [5.74, 6) is 2.08. The number of benzene rings is 1. The van der Waals surface area contributed by atoms with Crippen LogP contribution in [0.2, 0.25) is 0 Å². The first-order chi connectivity index (χ1) is 13.0. The van der Waals surface area contributed by atoms with Gasteiger partial charge in [0.25, 0.3) is 5.91 Å². The zero-order chi connectivity index (χ0) is 19.2. The molecule has 2 N–H and O–H groups in total. The monoisotopic (exact) mass is 366 g/mol. The second-order valence-electron chi connectivity index (χ2n) is 7.09. The van der Waals surface area contributed by atoms with Crippen molar-refractivity contribution in [2.45, 2.75) is 33.6 Å². The highest BCUT2D eigenvalue weighted by atomic mass is 16.1. The Labute approximate surface area is 159 Å². The Balaban J connectivity index is 1.60. The van der Waals surface area contributed by atoms with E-state index in [2.05, 4.69) is 39.8 Å². The number of rotatable bonds is 8. The SMILES string of the molecule is Cc1cccc(C(=O)NCCc2nnc3ccc(NCCC(C)C)nn23)c1. The molecule has 0 aliphatic rings. The molecule has 0 aliphatic heterocycles. The van der Waals surface area contributed by atoms with Crippen LogP contribution < -0.4 is 10.6 Å². The van der Waals surface area contributed by atoms with Crippen molar-refractivity contribution in [3.05, 3.63) is 53.3 Å². The van der Waals surface area contributed by atoms with Gasteiger partial charge in [-0.1, -0.05) is 31.5 Å². The van der Waals surface area contributed by atoms with Crippen LogP contribution in [0.25, 0.3) is 5.65 Å². The maximum Gasteiger partial charge on any atom is 0.251 e. The number of hydrogen-bond donors (Lipinski definition) is 2. The first-order valence-corrected chi connectivity index (χ1v) is 9.33. The third-order valence-electron chi connectivity index (χ3n) is 4.27. The van der Waals surface area contributed by atoms with E-state index in [1.807, 2.05) is 43.3 Å². The number of amides is 1. The molecule has 0 bridgehead atoms. The average molecular weight is 366 g/mol. The summed E-state index contributed by atoms with van der Waals surface area (Å²) in [6, 6.07) is 11.3. The predicted molar refractivity (Wildman–Crippen MR) is 106 cm³/mol. The van der Waals surface area contributed by atoms with E-state index in [1.165, 1.54) is 0 Å². The summed E-state index contributed by atoms with van der Waals surface area (Å²) >= 11 is 0. The van der Waals surface area contributed by atoms with Gasteiger partial charge >= 0.3 is 0 Å². The van der Waals surface area contributed by atoms with Gasteiger partial charge in [-0.25, -0.2) is 0 Å². The van der Waals surface area contributed by atoms with Gasteiger partial charge in [0.1, 0.15) is 5.82 Å². The fourth-order valence-electron chi connectivity index (χ4n) is 2.75. The highest BCUT2D eigenvalue weighted by molar-refractivity contribution is 5.94. The third-order valence-corrected chi connectivity index (χ3v) is 4.27. The van der Waals surface area contributed by atoms with E-state index in [1.54, 1.807) is 4.52 Å². The standard InChI is InChI=1S/C20H26N6O/c1-14(2)9-11-21-17-7-8-18-23-24-19(26(18)25-17)10-12-22-20(27)16-6-4-5-15(3)13-16/h4-8,13-14H,9-12H2,1-3H3,(H,21,25)(H,22,27). The summed E-state index contributed by atoms with van der Waals surface area (Å²) in [4.78, 5) is 12.2. The highest BCUT2D eigenvalue weighted by Gasteiger charge is 2.10. The molecule has 1 aromatic carbocycles. The molecule has 142 valence electrons. The van der Waals surface area contributed by atoms with E-state index in [0.717, 1.165) is 30.2 Å². The normalized spacial score (nSPS) is 11.1. The molecule has 7 heteroatoms. The fraction of sp³-hybridized carbons (Fsp3) is 0.400. The zero-order valence-electron chi connectivity index (χ0n) is 16.1. The Hall–Kier alpha value is -2.96. The van der Waals surface area contributed by atoms with Crippen LogP contribution in [0.3, 0.4) is 0 Å². The minimum atomic E-state index is -0.0866. The van der Waals surface area contributed by atoms with Gasteiger partial charge in [-0.3, -0.25) is 4.79 Å². The minimum Gasteiger partial charge on any atom is -0.369 e. The molecular weight excluding hydrogens is 340 g/mol. The second-order valence-corrected chi connectivity index (χ2v) is 7.09. The molecule has 1 amide bonds. The van der Waals surface area contributed by atoms with Crippen molar-refractivity contribution in [1.82, 2.24) is 25.1 Å². The van der Waals surface area contributed by atoms with Gasteiger partial charge in [-0.2, -0.15) is 4.52 Å². The summed E-state index contributed by atoms with van der Waals surface area (Å²) in [5, 5.41) is 19.2. The Morgan fingerprint density at radius 3 is 2.78 bits per heavy atom. The predicted octanol–water partition coefficient (Wildman–Crippen LogP) is 2.86. The third kappa shape index (κ3) is 5.03. The maximum absolute atomic E-state index is 12.2. The van der Waals surface area contributed by atoms with Gasteiger partial charge in [0, 0.05) is 25.1 Å². The quantitative estimate of drug-likeness (QED) is 0.640. The number of aromatic nitrogens is 4. The van der Waals surface area contributed by atoms with E-state index in [9.17, 15) is 4.79 Å². The number of anilines is 1.